The lowest BCUT2D eigenvalue weighted by molar-refractivity contribution is 1.07. The summed E-state index contributed by atoms with van der Waals surface area (Å²) in [5, 5.41) is 2.20. The molecule has 0 aliphatic carbocycles. The van der Waals surface area contributed by atoms with Gasteiger partial charge < -0.3 is 0 Å². The van der Waals surface area contributed by atoms with E-state index in [1.807, 2.05) is 92.1 Å². The normalized spacial score (nSPS) is 11.1. The molecule has 0 aliphatic rings. The molecule has 0 amide bonds. The van der Waals surface area contributed by atoms with Crippen LogP contribution < -0.4 is 0 Å². The molecule has 0 fully saturated rings. The van der Waals surface area contributed by atoms with Crippen molar-refractivity contribution < 1.29 is 0 Å². The van der Waals surface area contributed by atoms with Crippen LogP contribution in [0.15, 0.2) is 158 Å². The Hall–Kier alpha value is -6.33. The lowest BCUT2D eigenvalue weighted by atomic mass is 9.94. The molecule has 5 aromatic carbocycles. The Balaban J connectivity index is 1.38. The predicted octanol–water partition coefficient (Wildman–Crippen LogP) is 10.1. The molecule has 3 heterocycles. The fourth-order valence-electron chi connectivity index (χ4n) is 5.96. The maximum absolute atomic E-state index is 5.06. The largest absolute Gasteiger partial charge is 0.263 e. The van der Waals surface area contributed by atoms with E-state index in [9.17, 15) is 0 Å². The molecule has 0 aliphatic heterocycles. The number of rotatable bonds is 6. The van der Waals surface area contributed by atoms with Crippen molar-refractivity contribution in [1.29, 1.82) is 0 Å². The third-order valence-electron chi connectivity index (χ3n) is 8.23. The highest BCUT2D eigenvalue weighted by molar-refractivity contribution is 5.97. The van der Waals surface area contributed by atoms with Gasteiger partial charge in [-0.15, -0.1) is 0 Å². The molecule has 0 radical (unpaired) electrons. The highest BCUT2D eigenvalue weighted by atomic mass is 15.0. The number of hydrogen-bond donors (Lipinski definition) is 0. The molecule has 0 atom stereocenters. The highest BCUT2D eigenvalue weighted by Gasteiger charge is 2.16. The summed E-state index contributed by atoms with van der Waals surface area (Å²) in [7, 11) is 0. The third-order valence-corrected chi connectivity index (χ3v) is 8.23. The number of nitrogens with zero attached hydrogens (tertiary/aromatic N) is 5. The predicted molar refractivity (Wildman–Crippen MR) is 190 cm³/mol. The van der Waals surface area contributed by atoms with Crippen molar-refractivity contribution in [3.05, 3.63) is 164 Å². The van der Waals surface area contributed by atoms with E-state index in [1.54, 1.807) is 0 Å². The van der Waals surface area contributed by atoms with E-state index in [0.717, 1.165) is 66.7 Å². The quantitative estimate of drug-likeness (QED) is 0.189. The molecular weight excluding hydrogens is 574 g/mol. The number of aromatic nitrogens is 5. The van der Waals surface area contributed by atoms with Gasteiger partial charge in [0.05, 0.1) is 5.69 Å². The van der Waals surface area contributed by atoms with Crippen LogP contribution in [0.25, 0.3) is 78.4 Å². The Kier molecular flexibility index (Phi) is 7.32. The molecular formula is C42H29N5. The molecule has 0 spiro atoms. The van der Waals surface area contributed by atoms with Crippen molar-refractivity contribution in [2.75, 3.05) is 0 Å². The minimum Gasteiger partial charge on any atom is -0.263 e. The average Bonchev–Trinajstić information content (AvgIpc) is 3.15. The number of fused-ring (bicyclic) bond motifs is 1. The van der Waals surface area contributed by atoms with Crippen LogP contribution in [0.5, 0.6) is 0 Å². The summed E-state index contributed by atoms with van der Waals surface area (Å²) in [5.41, 5.74) is 9.81. The van der Waals surface area contributed by atoms with E-state index in [-0.39, 0.29) is 0 Å². The number of hydrogen-bond acceptors (Lipinski definition) is 5. The second kappa shape index (κ2) is 12.2. The van der Waals surface area contributed by atoms with Gasteiger partial charge in [-0.25, -0.2) is 15.0 Å². The molecule has 222 valence electrons. The lowest BCUT2D eigenvalue weighted by Crippen LogP contribution is -2.01. The van der Waals surface area contributed by atoms with E-state index in [1.165, 1.54) is 0 Å². The molecule has 0 N–H and O–H groups in total. The Morgan fingerprint density at radius 2 is 0.915 bits per heavy atom. The topological polar surface area (TPSA) is 64.5 Å². The van der Waals surface area contributed by atoms with Gasteiger partial charge >= 0.3 is 0 Å². The fourth-order valence-corrected chi connectivity index (χ4v) is 5.96. The van der Waals surface area contributed by atoms with E-state index < -0.39 is 0 Å². The standard InChI is InChI=1S/C42H29N5/c1-28-21-33(29-13-5-2-6-14-29)25-39(44-28)35-22-34(38-27-43-26-32-19-11-12-20-37(32)38)23-36(24-35)42-46-40(30-15-7-3-8-16-30)45-41(47-42)31-17-9-4-10-18-31/h2-27H,1H3. The zero-order valence-electron chi connectivity index (χ0n) is 25.7. The summed E-state index contributed by atoms with van der Waals surface area (Å²) in [6.07, 6.45) is 3.84. The molecule has 0 saturated carbocycles. The van der Waals surface area contributed by atoms with Crippen molar-refractivity contribution in [3.8, 4) is 67.7 Å². The van der Waals surface area contributed by atoms with Crippen molar-refractivity contribution in [2.24, 2.45) is 0 Å². The van der Waals surface area contributed by atoms with Gasteiger partial charge in [0, 0.05) is 51.3 Å². The Labute approximate surface area is 273 Å². The number of aryl methyl sites for hydroxylation is 1. The SMILES string of the molecule is Cc1cc(-c2ccccc2)cc(-c2cc(-c3nc(-c4ccccc4)nc(-c4ccccc4)n3)cc(-c3cncc4ccccc34)c2)n1. The van der Waals surface area contributed by atoms with Crippen molar-refractivity contribution in [3.63, 3.8) is 0 Å². The Bertz CT molecular complexity index is 2290. The summed E-state index contributed by atoms with van der Waals surface area (Å²) in [5.74, 6) is 1.83. The first-order valence-electron chi connectivity index (χ1n) is 15.6. The molecule has 5 nitrogen and oxygen atoms in total. The second-order valence-corrected chi connectivity index (χ2v) is 11.5. The summed E-state index contributed by atoms with van der Waals surface area (Å²) in [6.45, 7) is 2.04. The molecule has 0 bridgehead atoms. The first kappa shape index (κ1) is 28.2. The summed E-state index contributed by atoms with van der Waals surface area (Å²) in [6, 6.07) is 49.6. The minimum absolute atomic E-state index is 0.588. The van der Waals surface area contributed by atoms with Gasteiger partial charge in [-0.2, -0.15) is 0 Å². The summed E-state index contributed by atoms with van der Waals surface area (Å²) in [4.78, 5) is 24.7. The smallest absolute Gasteiger partial charge is 0.164 e. The summed E-state index contributed by atoms with van der Waals surface area (Å²) < 4.78 is 0. The fraction of sp³-hybridized carbons (Fsp3) is 0.0238. The monoisotopic (exact) mass is 603 g/mol. The number of benzene rings is 5. The van der Waals surface area contributed by atoms with E-state index >= 15 is 0 Å². The first-order valence-corrected chi connectivity index (χ1v) is 15.6. The molecule has 3 aromatic heterocycles. The van der Waals surface area contributed by atoms with Gasteiger partial charge in [-0.05, 0) is 59.3 Å². The average molecular weight is 604 g/mol. The Morgan fingerprint density at radius 3 is 1.57 bits per heavy atom. The maximum Gasteiger partial charge on any atom is 0.164 e. The zero-order valence-corrected chi connectivity index (χ0v) is 25.7. The van der Waals surface area contributed by atoms with Gasteiger partial charge in [0.1, 0.15) is 0 Å². The third kappa shape index (κ3) is 5.78. The van der Waals surface area contributed by atoms with E-state index in [2.05, 4.69) is 77.8 Å². The van der Waals surface area contributed by atoms with Gasteiger partial charge in [-0.1, -0.05) is 115 Å². The van der Waals surface area contributed by atoms with E-state index in [0.29, 0.717) is 17.5 Å². The van der Waals surface area contributed by atoms with Crippen molar-refractivity contribution in [1.82, 2.24) is 24.9 Å². The van der Waals surface area contributed by atoms with Crippen molar-refractivity contribution >= 4 is 10.8 Å². The van der Waals surface area contributed by atoms with Gasteiger partial charge in [0.2, 0.25) is 0 Å². The molecule has 0 unspecified atom stereocenters. The van der Waals surface area contributed by atoms with Crippen LogP contribution in [-0.2, 0) is 0 Å². The van der Waals surface area contributed by atoms with Crippen LogP contribution in [0.2, 0.25) is 0 Å². The molecule has 5 heteroatoms. The van der Waals surface area contributed by atoms with Crippen LogP contribution in [0.1, 0.15) is 5.69 Å². The maximum atomic E-state index is 5.06. The van der Waals surface area contributed by atoms with Gasteiger partial charge in [0.15, 0.2) is 17.5 Å². The Morgan fingerprint density at radius 1 is 0.383 bits per heavy atom. The van der Waals surface area contributed by atoms with E-state index in [4.69, 9.17) is 19.9 Å². The second-order valence-electron chi connectivity index (χ2n) is 11.5. The molecule has 8 aromatic rings. The van der Waals surface area contributed by atoms with Crippen LogP contribution in [0.3, 0.4) is 0 Å². The lowest BCUT2D eigenvalue weighted by Gasteiger charge is -2.14. The van der Waals surface area contributed by atoms with Crippen LogP contribution in [0, 0.1) is 6.92 Å². The van der Waals surface area contributed by atoms with Crippen LogP contribution in [0.4, 0.5) is 0 Å². The van der Waals surface area contributed by atoms with Crippen molar-refractivity contribution in [2.45, 2.75) is 6.92 Å². The summed E-state index contributed by atoms with van der Waals surface area (Å²) >= 11 is 0. The minimum atomic E-state index is 0.588. The number of pyridine rings is 2. The van der Waals surface area contributed by atoms with Crippen LogP contribution in [-0.4, -0.2) is 24.9 Å². The first-order chi connectivity index (χ1) is 23.2. The molecule has 47 heavy (non-hydrogen) atoms. The zero-order chi connectivity index (χ0) is 31.6. The van der Waals surface area contributed by atoms with Crippen LogP contribution >= 0.6 is 0 Å². The molecule has 8 rings (SSSR count). The van der Waals surface area contributed by atoms with Gasteiger partial charge in [0.25, 0.3) is 0 Å². The highest BCUT2D eigenvalue weighted by Crippen LogP contribution is 2.36. The van der Waals surface area contributed by atoms with Gasteiger partial charge in [-0.3, -0.25) is 9.97 Å². The molecule has 0 saturated heterocycles.